The number of hydrogen-bond donors (Lipinski definition) is 2. The number of halogens is 2. The lowest BCUT2D eigenvalue weighted by atomic mass is 10.3. The molecule has 0 saturated carbocycles. The van der Waals surface area contributed by atoms with Gasteiger partial charge in [-0.1, -0.05) is 6.07 Å². The first-order chi connectivity index (χ1) is 7.78. The van der Waals surface area contributed by atoms with Crippen molar-refractivity contribution in [2.24, 2.45) is 0 Å². The Balaban J connectivity index is 2.83. The molecule has 0 bridgehead atoms. The van der Waals surface area contributed by atoms with Gasteiger partial charge in [-0.05, 0) is 18.2 Å². The Hall–Kier alpha value is -1.70. The summed E-state index contributed by atoms with van der Waals surface area (Å²) in [4.78, 5) is 10.7. The molecule has 0 radical (unpaired) electrons. The highest BCUT2D eigenvalue weighted by atomic mass is 32.2. The van der Waals surface area contributed by atoms with Crippen LogP contribution >= 0.6 is 0 Å². The van der Waals surface area contributed by atoms with Crippen LogP contribution in [0.25, 0.3) is 0 Å². The van der Waals surface area contributed by atoms with Crippen LogP contribution in [0.4, 0.5) is 20.2 Å². The maximum Gasteiger partial charge on any atom is 0.315 e. The zero-order chi connectivity index (χ0) is 13.1. The molecule has 1 aromatic rings. The van der Waals surface area contributed by atoms with Gasteiger partial charge >= 0.3 is 6.43 Å². The number of benzene rings is 1. The van der Waals surface area contributed by atoms with Gasteiger partial charge in [0.25, 0.3) is 5.91 Å². The minimum Gasteiger partial charge on any atom is -0.321 e. The number of carbonyl (C=O) groups excluding carboxylic acids is 1. The predicted molar refractivity (Wildman–Crippen MR) is 59.5 cm³/mol. The second-order valence-corrected chi connectivity index (χ2v) is 4.99. The van der Waals surface area contributed by atoms with E-state index in [0.717, 1.165) is 6.26 Å². The minimum atomic E-state index is -3.45. The van der Waals surface area contributed by atoms with Gasteiger partial charge in [-0.15, -0.1) is 0 Å². The van der Waals surface area contributed by atoms with Gasteiger partial charge < -0.3 is 5.32 Å². The molecule has 0 aromatic heterocycles. The Bertz CT molecular complexity index is 517. The molecular weight excluding hydrogens is 254 g/mol. The van der Waals surface area contributed by atoms with Crippen molar-refractivity contribution < 1.29 is 22.0 Å². The zero-order valence-electron chi connectivity index (χ0n) is 8.78. The summed E-state index contributed by atoms with van der Waals surface area (Å²) in [5.41, 5.74) is 0.267. The molecule has 2 N–H and O–H groups in total. The van der Waals surface area contributed by atoms with Crippen LogP contribution in [0.2, 0.25) is 0 Å². The van der Waals surface area contributed by atoms with Crippen molar-refractivity contribution in [3.05, 3.63) is 24.3 Å². The second-order valence-electron chi connectivity index (χ2n) is 3.24. The van der Waals surface area contributed by atoms with Crippen LogP contribution in [0.1, 0.15) is 0 Å². The highest BCUT2D eigenvalue weighted by molar-refractivity contribution is 7.92. The van der Waals surface area contributed by atoms with Crippen molar-refractivity contribution in [3.63, 3.8) is 0 Å². The third-order valence-electron chi connectivity index (χ3n) is 1.63. The summed E-state index contributed by atoms with van der Waals surface area (Å²) in [5, 5.41) is 1.94. The van der Waals surface area contributed by atoms with E-state index in [2.05, 4.69) is 4.72 Å². The van der Waals surface area contributed by atoms with Crippen molar-refractivity contribution >= 4 is 27.3 Å². The SMILES string of the molecule is CS(=O)(=O)Nc1cccc(NC(=O)C(F)F)c1. The summed E-state index contributed by atoms with van der Waals surface area (Å²) in [5.74, 6) is -1.44. The van der Waals surface area contributed by atoms with E-state index in [1.807, 2.05) is 5.32 Å². The van der Waals surface area contributed by atoms with Crippen LogP contribution in [0, 0.1) is 0 Å². The topological polar surface area (TPSA) is 75.3 Å². The molecule has 17 heavy (non-hydrogen) atoms. The summed E-state index contributed by atoms with van der Waals surface area (Å²) in [6.45, 7) is 0. The lowest BCUT2D eigenvalue weighted by molar-refractivity contribution is -0.126. The van der Waals surface area contributed by atoms with Gasteiger partial charge in [0.05, 0.1) is 11.9 Å². The number of amides is 1. The molecule has 0 unspecified atom stereocenters. The van der Waals surface area contributed by atoms with Gasteiger partial charge in [-0.25, -0.2) is 8.42 Å². The van der Waals surface area contributed by atoms with Crippen molar-refractivity contribution in [3.8, 4) is 0 Å². The van der Waals surface area contributed by atoms with Crippen molar-refractivity contribution in [2.45, 2.75) is 6.43 Å². The number of nitrogens with one attached hydrogen (secondary N) is 2. The van der Waals surface area contributed by atoms with Gasteiger partial charge in [0, 0.05) is 5.69 Å². The first kappa shape index (κ1) is 13.4. The summed E-state index contributed by atoms with van der Waals surface area (Å²) >= 11 is 0. The highest BCUT2D eigenvalue weighted by Gasteiger charge is 2.15. The average molecular weight is 264 g/mol. The molecule has 1 amide bonds. The first-order valence-corrected chi connectivity index (χ1v) is 6.34. The maximum atomic E-state index is 12.0. The number of rotatable bonds is 4. The largest absolute Gasteiger partial charge is 0.321 e. The molecule has 94 valence electrons. The molecular formula is C9H10F2N2O3S. The van der Waals surface area contributed by atoms with Crippen LogP contribution < -0.4 is 10.0 Å². The normalized spacial score (nSPS) is 11.3. The Morgan fingerprint density at radius 2 is 1.88 bits per heavy atom. The van der Waals surface area contributed by atoms with E-state index in [-0.39, 0.29) is 11.4 Å². The molecule has 1 rings (SSSR count). The van der Waals surface area contributed by atoms with Crippen molar-refractivity contribution in [1.82, 2.24) is 0 Å². The van der Waals surface area contributed by atoms with Gasteiger partial charge in [-0.3, -0.25) is 9.52 Å². The van der Waals surface area contributed by atoms with E-state index in [1.54, 1.807) is 0 Å². The molecule has 0 atom stereocenters. The Kier molecular flexibility index (Phi) is 4.00. The standard InChI is InChI=1S/C9H10F2N2O3S/c1-17(15,16)13-7-4-2-3-6(5-7)12-9(14)8(10)11/h2-5,8,13H,1H3,(H,12,14). The van der Waals surface area contributed by atoms with Crippen LogP contribution in [-0.4, -0.2) is 27.0 Å². The molecule has 0 aliphatic heterocycles. The van der Waals surface area contributed by atoms with E-state index in [1.165, 1.54) is 24.3 Å². The monoisotopic (exact) mass is 264 g/mol. The van der Waals surface area contributed by atoms with Crippen LogP contribution in [0.15, 0.2) is 24.3 Å². The van der Waals surface area contributed by atoms with Gasteiger partial charge in [0.15, 0.2) is 0 Å². The highest BCUT2D eigenvalue weighted by Crippen LogP contribution is 2.16. The molecule has 0 saturated heterocycles. The summed E-state index contributed by atoms with van der Waals surface area (Å²) in [6.07, 6.45) is -2.17. The van der Waals surface area contributed by atoms with Gasteiger partial charge in [-0.2, -0.15) is 8.78 Å². The lowest BCUT2D eigenvalue weighted by Gasteiger charge is -2.07. The van der Waals surface area contributed by atoms with Crippen LogP contribution in [0.5, 0.6) is 0 Å². The molecule has 1 aromatic carbocycles. The molecule has 0 aliphatic rings. The predicted octanol–water partition coefficient (Wildman–Crippen LogP) is 1.26. The third-order valence-corrected chi connectivity index (χ3v) is 2.24. The Morgan fingerprint density at radius 3 is 2.41 bits per heavy atom. The molecule has 0 spiro atoms. The quantitative estimate of drug-likeness (QED) is 0.859. The zero-order valence-corrected chi connectivity index (χ0v) is 9.59. The molecule has 5 nitrogen and oxygen atoms in total. The maximum absolute atomic E-state index is 12.0. The Labute approximate surface area is 96.9 Å². The number of hydrogen-bond acceptors (Lipinski definition) is 3. The summed E-state index contributed by atoms with van der Waals surface area (Å²) < 4.78 is 47.9. The van der Waals surface area contributed by atoms with Gasteiger partial charge in [0.2, 0.25) is 10.0 Å². The molecule has 8 heteroatoms. The smallest absolute Gasteiger partial charge is 0.315 e. The molecule has 0 aliphatic carbocycles. The van der Waals surface area contributed by atoms with Crippen LogP contribution in [0.3, 0.4) is 0 Å². The minimum absolute atomic E-state index is 0.0870. The Morgan fingerprint density at radius 1 is 1.29 bits per heavy atom. The number of sulfonamides is 1. The second kappa shape index (κ2) is 5.09. The summed E-state index contributed by atoms with van der Waals surface area (Å²) in [6, 6.07) is 5.46. The summed E-state index contributed by atoms with van der Waals surface area (Å²) in [7, 11) is -3.45. The fraction of sp³-hybridized carbons (Fsp3) is 0.222. The van der Waals surface area contributed by atoms with E-state index in [0.29, 0.717) is 0 Å². The number of alkyl halides is 2. The van der Waals surface area contributed by atoms with Crippen molar-refractivity contribution in [1.29, 1.82) is 0 Å². The van der Waals surface area contributed by atoms with Crippen LogP contribution in [-0.2, 0) is 14.8 Å². The molecule has 0 fully saturated rings. The average Bonchev–Trinajstić information content (AvgIpc) is 2.15. The fourth-order valence-electron chi connectivity index (χ4n) is 1.07. The number of carbonyl (C=O) groups is 1. The van der Waals surface area contributed by atoms with Gasteiger partial charge in [0.1, 0.15) is 0 Å². The van der Waals surface area contributed by atoms with E-state index >= 15 is 0 Å². The third kappa shape index (κ3) is 4.77. The van der Waals surface area contributed by atoms with E-state index < -0.39 is 22.4 Å². The van der Waals surface area contributed by atoms with E-state index in [9.17, 15) is 22.0 Å². The lowest BCUT2D eigenvalue weighted by Crippen LogP contribution is -2.20. The molecule has 0 heterocycles. The van der Waals surface area contributed by atoms with E-state index in [4.69, 9.17) is 0 Å². The first-order valence-electron chi connectivity index (χ1n) is 4.45. The van der Waals surface area contributed by atoms with Crippen molar-refractivity contribution in [2.75, 3.05) is 16.3 Å². The number of anilines is 2. The fourth-order valence-corrected chi connectivity index (χ4v) is 1.63.